The first-order valence-electron chi connectivity index (χ1n) is 6.09. The van der Waals surface area contributed by atoms with E-state index in [0.29, 0.717) is 27.0 Å². The van der Waals surface area contributed by atoms with Gasteiger partial charge in [0.25, 0.3) is 0 Å². The highest BCUT2D eigenvalue weighted by Gasteiger charge is 2.16. The van der Waals surface area contributed by atoms with Crippen molar-refractivity contribution in [2.45, 2.75) is 18.2 Å². The molecule has 3 N–H and O–H groups in total. The average Bonchev–Trinajstić information content (AvgIpc) is 2.81. The minimum absolute atomic E-state index is 0.0693. The first-order valence-corrected chi connectivity index (χ1v) is 9.14. The summed E-state index contributed by atoms with van der Waals surface area (Å²) in [6.07, 6.45) is 0.575. The molecule has 2 aromatic rings. The number of nitrogens with two attached hydrogens (primary N) is 1. The van der Waals surface area contributed by atoms with E-state index in [1.54, 1.807) is 13.0 Å². The van der Waals surface area contributed by atoms with Crippen molar-refractivity contribution in [2.24, 2.45) is 0 Å². The minimum Gasteiger partial charge on any atom is -0.398 e. The summed E-state index contributed by atoms with van der Waals surface area (Å²) in [4.78, 5) is 1.09. The third-order valence-electron chi connectivity index (χ3n) is 2.96. The minimum atomic E-state index is -3.63. The molecular weight excluding hydrogens is 351 g/mol. The molecule has 0 saturated carbocycles. The van der Waals surface area contributed by atoms with E-state index in [4.69, 9.17) is 28.9 Å². The molecule has 8 heteroatoms. The summed E-state index contributed by atoms with van der Waals surface area (Å²) in [5.41, 5.74) is 6.78. The standard InChI is InChI=1S/C13H14Cl2N2O2S2/c1-8-11(14)6-10(7-12(8)16)21(18,19)17-5-4-9-2-3-13(15)20-9/h2-3,6-7,17H,4-5,16H2,1H3. The molecule has 1 heterocycles. The maximum absolute atomic E-state index is 12.2. The zero-order valence-electron chi connectivity index (χ0n) is 11.2. The molecule has 1 aromatic carbocycles. The second-order valence-electron chi connectivity index (χ2n) is 4.47. The molecule has 0 radical (unpaired) electrons. The van der Waals surface area contributed by atoms with Gasteiger partial charge in [-0.1, -0.05) is 23.2 Å². The largest absolute Gasteiger partial charge is 0.398 e. The number of benzene rings is 1. The zero-order valence-corrected chi connectivity index (χ0v) is 14.3. The monoisotopic (exact) mass is 364 g/mol. The van der Waals surface area contributed by atoms with Gasteiger partial charge in [0.15, 0.2) is 0 Å². The quantitative estimate of drug-likeness (QED) is 0.797. The summed E-state index contributed by atoms with van der Waals surface area (Å²) in [5, 5.41) is 0.334. The molecule has 114 valence electrons. The zero-order chi connectivity index (χ0) is 15.6. The number of rotatable bonds is 5. The molecule has 0 fully saturated rings. The second-order valence-corrected chi connectivity index (χ2v) is 8.45. The van der Waals surface area contributed by atoms with Gasteiger partial charge < -0.3 is 5.73 Å². The Morgan fingerprint density at radius 1 is 1.29 bits per heavy atom. The van der Waals surface area contributed by atoms with E-state index in [1.807, 2.05) is 6.07 Å². The summed E-state index contributed by atoms with van der Waals surface area (Å²) >= 11 is 13.2. The van der Waals surface area contributed by atoms with Gasteiger partial charge in [0, 0.05) is 22.1 Å². The number of hydrogen-bond acceptors (Lipinski definition) is 4. The number of hydrogen-bond donors (Lipinski definition) is 2. The maximum Gasteiger partial charge on any atom is 0.240 e. The molecule has 0 unspecified atom stereocenters. The van der Waals surface area contributed by atoms with Crippen molar-refractivity contribution < 1.29 is 8.42 Å². The van der Waals surface area contributed by atoms with Gasteiger partial charge in [-0.25, -0.2) is 13.1 Å². The second kappa shape index (κ2) is 6.54. The topological polar surface area (TPSA) is 72.2 Å². The van der Waals surface area contributed by atoms with Crippen LogP contribution in [-0.2, 0) is 16.4 Å². The van der Waals surface area contributed by atoms with Gasteiger partial charge in [-0.05, 0) is 43.2 Å². The van der Waals surface area contributed by atoms with Crippen molar-refractivity contribution in [3.05, 3.63) is 44.1 Å². The summed E-state index contributed by atoms with van der Waals surface area (Å²) in [5.74, 6) is 0. The number of sulfonamides is 1. The molecule has 0 saturated heterocycles. The Balaban J connectivity index is 2.08. The molecule has 4 nitrogen and oxygen atoms in total. The van der Waals surface area contributed by atoms with Gasteiger partial charge >= 0.3 is 0 Å². The highest BCUT2D eigenvalue weighted by atomic mass is 35.5. The van der Waals surface area contributed by atoms with Crippen molar-refractivity contribution in [3.63, 3.8) is 0 Å². The van der Waals surface area contributed by atoms with Crippen molar-refractivity contribution in [2.75, 3.05) is 12.3 Å². The Labute approximate surface area is 137 Å². The maximum atomic E-state index is 12.2. The van der Waals surface area contributed by atoms with E-state index < -0.39 is 10.0 Å². The first kappa shape index (κ1) is 16.6. The Kier molecular flexibility index (Phi) is 5.16. The smallest absolute Gasteiger partial charge is 0.240 e. The molecule has 1 aromatic heterocycles. The highest BCUT2D eigenvalue weighted by molar-refractivity contribution is 7.89. The van der Waals surface area contributed by atoms with Gasteiger partial charge in [0.1, 0.15) is 0 Å². The Bertz CT molecular complexity index is 734. The van der Waals surface area contributed by atoms with Crippen LogP contribution in [0.15, 0.2) is 29.2 Å². The summed E-state index contributed by atoms with van der Waals surface area (Å²) in [7, 11) is -3.63. The van der Waals surface area contributed by atoms with Crippen LogP contribution >= 0.6 is 34.5 Å². The third kappa shape index (κ3) is 4.11. The number of halogens is 2. The first-order chi connectivity index (χ1) is 9.79. The lowest BCUT2D eigenvalue weighted by atomic mass is 10.2. The van der Waals surface area contributed by atoms with Crippen LogP contribution in [0.4, 0.5) is 5.69 Å². The fourth-order valence-electron chi connectivity index (χ4n) is 1.71. The summed E-state index contributed by atoms with van der Waals surface area (Å²) in [6, 6.07) is 6.47. The summed E-state index contributed by atoms with van der Waals surface area (Å²) < 4.78 is 27.6. The number of anilines is 1. The van der Waals surface area contributed by atoms with E-state index in [2.05, 4.69) is 4.72 Å². The Morgan fingerprint density at radius 3 is 2.57 bits per heavy atom. The predicted molar refractivity (Wildman–Crippen MR) is 88.8 cm³/mol. The lowest BCUT2D eigenvalue weighted by molar-refractivity contribution is 0.582. The van der Waals surface area contributed by atoms with Crippen molar-refractivity contribution >= 4 is 50.2 Å². The van der Waals surface area contributed by atoms with Gasteiger partial charge in [-0.3, -0.25) is 0 Å². The molecule has 0 spiro atoms. The molecule has 0 bridgehead atoms. The van der Waals surface area contributed by atoms with Crippen LogP contribution in [0.5, 0.6) is 0 Å². The van der Waals surface area contributed by atoms with Crippen molar-refractivity contribution in [3.8, 4) is 0 Å². The molecule has 0 aliphatic heterocycles. The van der Waals surface area contributed by atoms with E-state index in [-0.39, 0.29) is 11.4 Å². The lowest BCUT2D eigenvalue weighted by Gasteiger charge is -2.09. The normalized spacial score (nSPS) is 11.8. The van der Waals surface area contributed by atoms with E-state index >= 15 is 0 Å². The molecular formula is C13H14Cl2N2O2S2. The molecule has 0 amide bonds. The summed E-state index contributed by atoms with van der Waals surface area (Å²) in [6.45, 7) is 2.02. The van der Waals surface area contributed by atoms with Gasteiger partial charge in [-0.15, -0.1) is 11.3 Å². The Morgan fingerprint density at radius 2 is 2.00 bits per heavy atom. The van der Waals surface area contributed by atoms with Crippen LogP contribution in [-0.4, -0.2) is 15.0 Å². The molecule has 2 rings (SSSR count). The lowest BCUT2D eigenvalue weighted by Crippen LogP contribution is -2.26. The SMILES string of the molecule is Cc1c(N)cc(S(=O)(=O)NCCc2ccc(Cl)s2)cc1Cl. The van der Waals surface area contributed by atoms with Crippen molar-refractivity contribution in [1.82, 2.24) is 4.72 Å². The average molecular weight is 365 g/mol. The van der Waals surface area contributed by atoms with Gasteiger partial charge in [0.05, 0.1) is 9.23 Å². The fraction of sp³-hybridized carbons (Fsp3) is 0.231. The highest BCUT2D eigenvalue weighted by Crippen LogP contribution is 2.26. The predicted octanol–water partition coefficient (Wildman–Crippen LogP) is 3.47. The van der Waals surface area contributed by atoms with E-state index in [9.17, 15) is 8.42 Å². The molecule has 21 heavy (non-hydrogen) atoms. The molecule has 0 atom stereocenters. The fourth-order valence-corrected chi connectivity index (χ4v) is 4.18. The molecule has 0 aliphatic rings. The third-order valence-corrected chi connectivity index (χ3v) is 6.08. The Hall–Kier alpha value is -0.790. The van der Waals surface area contributed by atoms with Gasteiger partial charge in [-0.2, -0.15) is 0 Å². The van der Waals surface area contributed by atoms with E-state index in [1.165, 1.54) is 23.5 Å². The van der Waals surface area contributed by atoms with Crippen LogP contribution in [0, 0.1) is 6.92 Å². The van der Waals surface area contributed by atoms with Crippen LogP contribution in [0.2, 0.25) is 9.36 Å². The number of thiophene rings is 1. The molecule has 0 aliphatic carbocycles. The van der Waals surface area contributed by atoms with E-state index in [0.717, 1.165) is 4.88 Å². The van der Waals surface area contributed by atoms with Crippen LogP contribution in [0.1, 0.15) is 10.4 Å². The number of nitrogen functional groups attached to an aromatic ring is 1. The van der Waals surface area contributed by atoms with Crippen LogP contribution in [0.3, 0.4) is 0 Å². The van der Waals surface area contributed by atoms with Crippen LogP contribution in [0.25, 0.3) is 0 Å². The number of nitrogens with one attached hydrogen (secondary N) is 1. The van der Waals surface area contributed by atoms with Crippen LogP contribution < -0.4 is 10.5 Å². The van der Waals surface area contributed by atoms with Crippen molar-refractivity contribution in [1.29, 1.82) is 0 Å². The van der Waals surface area contributed by atoms with Gasteiger partial charge in [0.2, 0.25) is 10.0 Å².